The maximum atomic E-state index is 14.2. The lowest BCUT2D eigenvalue weighted by Gasteiger charge is -2.71. The largest absolute Gasteiger partial charge is 0.346 e. The van der Waals surface area contributed by atoms with Gasteiger partial charge in [-0.1, -0.05) is 6.92 Å². The van der Waals surface area contributed by atoms with Gasteiger partial charge >= 0.3 is 5.69 Å². The number of H-pyrrole nitrogens is 1. The number of fused-ring (bicyclic) bond motifs is 1. The van der Waals surface area contributed by atoms with Gasteiger partial charge in [-0.05, 0) is 49.8 Å². The molecule has 2 aromatic heterocycles. The Kier molecular flexibility index (Phi) is 4.56. The number of pyridine rings is 1. The lowest BCUT2D eigenvalue weighted by atomic mass is 9.34. The second-order valence-electron chi connectivity index (χ2n) is 9.65. The first-order valence-electron chi connectivity index (χ1n) is 10.6. The zero-order valence-electron chi connectivity index (χ0n) is 17.9. The highest BCUT2D eigenvalue weighted by Gasteiger charge is 2.70. The Morgan fingerprint density at radius 2 is 1.85 bits per heavy atom. The topological polar surface area (TPSA) is 96.9 Å². The van der Waals surface area contributed by atoms with Crippen LogP contribution in [0.3, 0.4) is 0 Å². The summed E-state index contributed by atoms with van der Waals surface area (Å²) in [4.78, 5) is 45.9. The molecule has 6 rings (SSSR count). The van der Waals surface area contributed by atoms with Crippen molar-refractivity contribution < 1.29 is 18.0 Å². The fourth-order valence-electron chi connectivity index (χ4n) is 5.89. The number of carbonyl (C=O) groups excluding carboxylic acids is 1. The number of benzene rings is 1. The van der Waals surface area contributed by atoms with Gasteiger partial charge in [0.15, 0.2) is 0 Å². The van der Waals surface area contributed by atoms with Gasteiger partial charge in [-0.2, -0.15) is 0 Å². The highest BCUT2D eigenvalue weighted by molar-refractivity contribution is 5.83. The minimum Gasteiger partial charge on any atom is -0.346 e. The van der Waals surface area contributed by atoms with E-state index in [4.69, 9.17) is 0 Å². The Morgan fingerprint density at radius 3 is 2.48 bits per heavy atom. The number of rotatable bonds is 5. The molecule has 0 aliphatic heterocycles. The van der Waals surface area contributed by atoms with Crippen molar-refractivity contribution in [2.45, 2.75) is 45.2 Å². The average molecular weight is 458 g/mol. The minimum atomic E-state index is -1.17. The lowest BCUT2D eigenvalue weighted by molar-refractivity contribution is -0.219. The first kappa shape index (κ1) is 21.4. The summed E-state index contributed by atoms with van der Waals surface area (Å²) in [6.45, 7) is 3.54. The number of hydrogen-bond acceptors (Lipinski definition) is 4. The third-order valence-corrected chi connectivity index (χ3v) is 6.92. The molecule has 172 valence electrons. The zero-order chi connectivity index (χ0) is 23.7. The van der Waals surface area contributed by atoms with E-state index in [0.29, 0.717) is 25.3 Å². The van der Waals surface area contributed by atoms with Crippen LogP contribution in [0.2, 0.25) is 0 Å². The SMILES string of the molecule is C[C@@H](NC(=O)[C@@H](n1c(=O)[nH]c2ccc(F)cc2c1=O)C12CC(C)(C1)C2)c1ncc(F)cc1F. The summed E-state index contributed by atoms with van der Waals surface area (Å²) in [5, 5.41) is 2.58. The molecule has 3 saturated carbocycles. The molecule has 3 aromatic rings. The number of nitrogens with one attached hydrogen (secondary N) is 2. The zero-order valence-corrected chi connectivity index (χ0v) is 17.9. The monoisotopic (exact) mass is 458 g/mol. The van der Waals surface area contributed by atoms with E-state index in [1.54, 1.807) is 0 Å². The van der Waals surface area contributed by atoms with Crippen LogP contribution < -0.4 is 16.6 Å². The summed E-state index contributed by atoms with van der Waals surface area (Å²) >= 11 is 0. The van der Waals surface area contributed by atoms with Gasteiger partial charge in [0.1, 0.15) is 23.5 Å². The summed E-state index contributed by atoms with van der Waals surface area (Å²) in [5.74, 6) is -3.08. The number of carbonyl (C=O) groups is 1. The first-order chi connectivity index (χ1) is 15.5. The van der Waals surface area contributed by atoms with Gasteiger partial charge in [-0.15, -0.1) is 0 Å². The van der Waals surface area contributed by atoms with Crippen molar-refractivity contribution in [3.63, 3.8) is 0 Å². The van der Waals surface area contributed by atoms with Gasteiger partial charge in [0.25, 0.3) is 5.56 Å². The molecule has 3 aliphatic rings. The summed E-state index contributed by atoms with van der Waals surface area (Å²) < 4.78 is 42.1. The second kappa shape index (κ2) is 7.03. The Bertz CT molecular complexity index is 1410. The summed E-state index contributed by atoms with van der Waals surface area (Å²) in [7, 11) is 0. The van der Waals surface area contributed by atoms with Crippen molar-refractivity contribution in [2.75, 3.05) is 0 Å². The molecule has 10 heteroatoms. The van der Waals surface area contributed by atoms with E-state index in [2.05, 4.69) is 22.2 Å². The fourth-order valence-corrected chi connectivity index (χ4v) is 5.89. The van der Waals surface area contributed by atoms with E-state index < -0.39 is 52.1 Å². The smallest absolute Gasteiger partial charge is 0.329 e. The molecule has 2 heterocycles. The van der Waals surface area contributed by atoms with Crippen LogP contribution in [-0.4, -0.2) is 20.4 Å². The Labute approximate surface area is 185 Å². The summed E-state index contributed by atoms with van der Waals surface area (Å²) in [5.41, 5.74) is -2.12. The normalized spacial score (nSPS) is 25.1. The lowest BCUT2D eigenvalue weighted by Crippen LogP contribution is -2.67. The Morgan fingerprint density at radius 1 is 1.15 bits per heavy atom. The van der Waals surface area contributed by atoms with Crippen LogP contribution in [0.25, 0.3) is 10.9 Å². The highest BCUT2D eigenvalue weighted by atomic mass is 19.1. The number of aromatic amines is 1. The van der Waals surface area contributed by atoms with Gasteiger partial charge < -0.3 is 10.3 Å². The number of aromatic nitrogens is 3. The van der Waals surface area contributed by atoms with Gasteiger partial charge in [0.2, 0.25) is 5.91 Å². The fraction of sp³-hybridized carbons (Fsp3) is 0.391. The van der Waals surface area contributed by atoms with Crippen LogP contribution in [0, 0.1) is 28.3 Å². The third-order valence-electron chi connectivity index (χ3n) is 6.92. The first-order valence-corrected chi connectivity index (χ1v) is 10.6. The average Bonchev–Trinajstić information content (AvgIpc) is 2.68. The second-order valence-corrected chi connectivity index (χ2v) is 9.65. The molecule has 0 spiro atoms. The van der Waals surface area contributed by atoms with Gasteiger partial charge in [-0.25, -0.2) is 22.5 Å². The molecule has 2 N–H and O–H groups in total. The van der Waals surface area contributed by atoms with Crippen molar-refractivity contribution >= 4 is 16.8 Å². The van der Waals surface area contributed by atoms with Crippen molar-refractivity contribution in [3.8, 4) is 0 Å². The quantitative estimate of drug-likeness (QED) is 0.614. The van der Waals surface area contributed by atoms with Crippen LogP contribution in [0.4, 0.5) is 13.2 Å². The molecule has 1 aromatic carbocycles. The van der Waals surface area contributed by atoms with Crippen molar-refractivity contribution in [1.82, 2.24) is 19.9 Å². The molecule has 2 atom stereocenters. The van der Waals surface area contributed by atoms with Gasteiger partial charge in [0.05, 0.1) is 28.8 Å². The summed E-state index contributed by atoms with van der Waals surface area (Å²) in [6, 6.07) is 1.98. The van der Waals surface area contributed by atoms with E-state index in [9.17, 15) is 27.6 Å². The molecular formula is C23H21F3N4O3. The van der Waals surface area contributed by atoms with E-state index in [-0.39, 0.29) is 22.0 Å². The van der Waals surface area contributed by atoms with E-state index in [0.717, 1.165) is 22.9 Å². The number of halogens is 3. The maximum Gasteiger partial charge on any atom is 0.329 e. The predicted octanol–water partition coefficient (Wildman–Crippen LogP) is 3.11. The van der Waals surface area contributed by atoms with Crippen LogP contribution in [0.1, 0.15) is 50.9 Å². The molecular weight excluding hydrogens is 437 g/mol. The summed E-state index contributed by atoms with van der Waals surface area (Å²) in [6.07, 6.45) is 2.77. The molecule has 3 fully saturated rings. The molecule has 2 bridgehead atoms. The molecule has 1 amide bonds. The van der Waals surface area contributed by atoms with Crippen molar-refractivity contribution in [3.05, 3.63) is 74.4 Å². The highest BCUT2D eigenvalue weighted by Crippen LogP contribution is 2.76. The van der Waals surface area contributed by atoms with E-state index >= 15 is 0 Å². The molecule has 33 heavy (non-hydrogen) atoms. The molecule has 0 radical (unpaired) electrons. The van der Waals surface area contributed by atoms with Gasteiger partial charge in [0, 0.05) is 11.5 Å². The number of hydrogen-bond donors (Lipinski definition) is 2. The molecule has 3 aliphatic carbocycles. The predicted molar refractivity (Wildman–Crippen MR) is 113 cm³/mol. The van der Waals surface area contributed by atoms with Crippen LogP contribution in [0.15, 0.2) is 40.1 Å². The van der Waals surface area contributed by atoms with Crippen LogP contribution >= 0.6 is 0 Å². The molecule has 7 nitrogen and oxygen atoms in total. The minimum absolute atomic E-state index is 0.0497. The standard InChI is InChI=1S/C23H21F3N4O3/c1-11(17-15(26)6-13(25)7-27-17)28-19(31)18(23-8-22(2,9-23)10-23)30-20(32)14-5-12(24)3-4-16(14)29-21(30)33/h3-7,11,18H,8-10H2,1-2H3,(H,28,31)(H,29,33)/t11-,18-,22?,23?/m1/s1. The number of amides is 1. The van der Waals surface area contributed by atoms with E-state index in [1.165, 1.54) is 13.0 Å². The van der Waals surface area contributed by atoms with E-state index in [1.807, 2.05) is 0 Å². The molecule has 0 saturated heterocycles. The molecule has 0 unspecified atom stereocenters. The number of nitrogens with zero attached hydrogens (tertiary/aromatic N) is 2. The Balaban J connectivity index is 1.57. The van der Waals surface area contributed by atoms with Crippen molar-refractivity contribution in [2.24, 2.45) is 10.8 Å². The maximum absolute atomic E-state index is 14.2. The Hall–Kier alpha value is -3.43. The van der Waals surface area contributed by atoms with Crippen LogP contribution in [0.5, 0.6) is 0 Å². The third kappa shape index (κ3) is 3.27. The van der Waals surface area contributed by atoms with Crippen LogP contribution in [-0.2, 0) is 4.79 Å². The van der Waals surface area contributed by atoms with Gasteiger partial charge in [-0.3, -0.25) is 14.6 Å². The van der Waals surface area contributed by atoms with Crippen molar-refractivity contribution in [1.29, 1.82) is 0 Å².